The van der Waals surface area contributed by atoms with Crippen molar-refractivity contribution in [3.8, 4) is 17.6 Å². The van der Waals surface area contributed by atoms with Gasteiger partial charge in [0.15, 0.2) is 11.5 Å². The summed E-state index contributed by atoms with van der Waals surface area (Å²) in [6, 6.07) is 6.91. The summed E-state index contributed by atoms with van der Waals surface area (Å²) in [5, 5.41) is 30.4. The number of rotatable bonds is 4. The molecule has 1 aromatic carbocycles. The van der Waals surface area contributed by atoms with Gasteiger partial charge in [0.1, 0.15) is 6.10 Å². The smallest absolute Gasteiger partial charge is 0.231 e. The van der Waals surface area contributed by atoms with E-state index >= 15 is 0 Å². The van der Waals surface area contributed by atoms with Crippen LogP contribution in [-0.2, 0) is 0 Å². The highest BCUT2D eigenvalue weighted by atomic mass is 16.7. The van der Waals surface area contributed by atoms with Crippen molar-refractivity contribution in [2.45, 2.75) is 18.9 Å². The fourth-order valence-electron chi connectivity index (χ4n) is 1.70. The third kappa shape index (κ3) is 2.36. The van der Waals surface area contributed by atoms with Gasteiger partial charge in [-0.15, -0.1) is 0 Å². The number of benzene rings is 1. The molecular formula is C12H12N2O4. The SMILES string of the molecule is N#CCC/C(=N/O)C(O)c1ccc2c(c1)OCO2. The van der Waals surface area contributed by atoms with E-state index in [4.69, 9.17) is 19.9 Å². The second-order valence-electron chi connectivity index (χ2n) is 3.76. The average Bonchev–Trinajstić information content (AvgIpc) is 2.86. The Kier molecular flexibility index (Phi) is 3.65. The predicted molar refractivity (Wildman–Crippen MR) is 61.6 cm³/mol. The van der Waals surface area contributed by atoms with Gasteiger partial charge in [0.25, 0.3) is 0 Å². The van der Waals surface area contributed by atoms with Gasteiger partial charge in [-0.1, -0.05) is 11.2 Å². The summed E-state index contributed by atoms with van der Waals surface area (Å²) in [5.41, 5.74) is 0.681. The lowest BCUT2D eigenvalue weighted by molar-refractivity contribution is 0.173. The quantitative estimate of drug-likeness (QED) is 0.479. The van der Waals surface area contributed by atoms with Crippen LogP contribution in [0, 0.1) is 11.3 Å². The van der Waals surface area contributed by atoms with Crippen molar-refractivity contribution in [1.29, 1.82) is 5.26 Å². The van der Waals surface area contributed by atoms with Crippen molar-refractivity contribution in [2.24, 2.45) is 5.16 Å². The summed E-state index contributed by atoms with van der Waals surface area (Å²) in [6.07, 6.45) is -0.665. The normalized spacial score (nSPS) is 15.2. The minimum absolute atomic E-state index is 0.149. The molecule has 0 saturated heterocycles. The maximum atomic E-state index is 10.0. The van der Waals surface area contributed by atoms with Crippen molar-refractivity contribution in [2.75, 3.05) is 6.79 Å². The number of hydrogen-bond donors (Lipinski definition) is 2. The van der Waals surface area contributed by atoms with Crippen LogP contribution in [0.1, 0.15) is 24.5 Å². The summed E-state index contributed by atoms with van der Waals surface area (Å²) in [7, 11) is 0. The van der Waals surface area contributed by atoms with E-state index in [1.54, 1.807) is 18.2 Å². The minimum atomic E-state index is -1.06. The summed E-state index contributed by atoms with van der Waals surface area (Å²) in [5.74, 6) is 1.16. The van der Waals surface area contributed by atoms with Crippen LogP contribution in [0.4, 0.5) is 0 Å². The monoisotopic (exact) mass is 248 g/mol. The largest absolute Gasteiger partial charge is 0.454 e. The van der Waals surface area contributed by atoms with Crippen LogP contribution in [0.15, 0.2) is 23.4 Å². The Morgan fingerprint density at radius 1 is 1.44 bits per heavy atom. The number of aliphatic hydroxyl groups is 1. The second-order valence-corrected chi connectivity index (χ2v) is 3.76. The summed E-state index contributed by atoms with van der Waals surface area (Å²) < 4.78 is 10.4. The molecule has 1 atom stereocenters. The molecule has 1 unspecified atom stereocenters. The van der Waals surface area contributed by atoms with Gasteiger partial charge in [0.2, 0.25) is 6.79 Å². The highest BCUT2D eigenvalue weighted by Gasteiger charge is 2.20. The van der Waals surface area contributed by atoms with E-state index in [2.05, 4.69) is 5.16 Å². The first kappa shape index (κ1) is 12.2. The molecule has 0 saturated carbocycles. The molecule has 1 aliphatic rings. The molecule has 2 N–H and O–H groups in total. The summed E-state index contributed by atoms with van der Waals surface area (Å²) in [4.78, 5) is 0. The Bertz CT molecular complexity index is 507. The van der Waals surface area contributed by atoms with Crippen LogP contribution in [0.5, 0.6) is 11.5 Å². The first-order valence-corrected chi connectivity index (χ1v) is 5.41. The zero-order valence-electron chi connectivity index (χ0n) is 9.54. The molecule has 0 radical (unpaired) electrons. The number of hydrogen-bond acceptors (Lipinski definition) is 6. The van der Waals surface area contributed by atoms with Gasteiger partial charge >= 0.3 is 0 Å². The van der Waals surface area contributed by atoms with Crippen molar-refractivity contribution < 1.29 is 19.8 Å². The summed E-state index contributed by atoms with van der Waals surface area (Å²) >= 11 is 0. The second kappa shape index (κ2) is 5.38. The van der Waals surface area contributed by atoms with Crippen LogP contribution < -0.4 is 9.47 Å². The molecule has 94 valence electrons. The molecule has 0 fully saturated rings. The highest BCUT2D eigenvalue weighted by molar-refractivity contribution is 5.89. The van der Waals surface area contributed by atoms with Crippen LogP contribution in [0.25, 0.3) is 0 Å². The van der Waals surface area contributed by atoms with Gasteiger partial charge in [0, 0.05) is 12.8 Å². The third-order valence-electron chi connectivity index (χ3n) is 2.65. The molecule has 0 spiro atoms. The molecule has 1 aromatic rings. The fraction of sp³-hybridized carbons (Fsp3) is 0.333. The van der Waals surface area contributed by atoms with E-state index in [0.29, 0.717) is 17.1 Å². The van der Waals surface area contributed by atoms with Crippen molar-refractivity contribution in [3.05, 3.63) is 23.8 Å². The highest BCUT2D eigenvalue weighted by Crippen LogP contribution is 2.34. The van der Waals surface area contributed by atoms with E-state index in [0.717, 1.165) is 0 Å². The molecule has 1 heterocycles. The average molecular weight is 248 g/mol. The number of oxime groups is 1. The lowest BCUT2D eigenvalue weighted by atomic mass is 10.0. The maximum absolute atomic E-state index is 10.0. The van der Waals surface area contributed by atoms with E-state index in [9.17, 15) is 5.11 Å². The Balaban J connectivity index is 2.18. The van der Waals surface area contributed by atoms with E-state index in [1.165, 1.54) is 0 Å². The Morgan fingerprint density at radius 3 is 2.94 bits per heavy atom. The molecule has 6 heteroatoms. The van der Waals surface area contributed by atoms with E-state index < -0.39 is 6.10 Å². The molecule has 1 aliphatic heterocycles. The number of aliphatic hydroxyl groups excluding tert-OH is 1. The zero-order valence-corrected chi connectivity index (χ0v) is 9.54. The molecule has 0 aliphatic carbocycles. The van der Waals surface area contributed by atoms with Crippen molar-refractivity contribution >= 4 is 5.71 Å². The topological polar surface area (TPSA) is 95.1 Å². The van der Waals surface area contributed by atoms with Gasteiger partial charge < -0.3 is 19.8 Å². The van der Waals surface area contributed by atoms with Crippen molar-refractivity contribution in [1.82, 2.24) is 0 Å². The van der Waals surface area contributed by atoms with Gasteiger partial charge in [-0.05, 0) is 17.7 Å². The predicted octanol–water partition coefficient (Wildman–Crippen LogP) is 1.58. The Hall–Kier alpha value is -2.26. The van der Waals surface area contributed by atoms with Gasteiger partial charge in [-0.2, -0.15) is 5.26 Å². The van der Waals surface area contributed by atoms with Crippen LogP contribution in [-0.4, -0.2) is 22.8 Å². The van der Waals surface area contributed by atoms with Crippen LogP contribution in [0.2, 0.25) is 0 Å². The lowest BCUT2D eigenvalue weighted by Gasteiger charge is -2.12. The molecule has 18 heavy (non-hydrogen) atoms. The van der Waals surface area contributed by atoms with E-state index in [-0.39, 0.29) is 25.3 Å². The maximum Gasteiger partial charge on any atom is 0.231 e. The first-order chi connectivity index (χ1) is 8.76. The molecular weight excluding hydrogens is 236 g/mol. The van der Waals surface area contributed by atoms with Crippen molar-refractivity contribution in [3.63, 3.8) is 0 Å². The van der Waals surface area contributed by atoms with E-state index in [1.807, 2.05) is 6.07 Å². The van der Waals surface area contributed by atoms with Gasteiger partial charge in [-0.25, -0.2) is 0 Å². The molecule has 6 nitrogen and oxygen atoms in total. The fourth-order valence-corrected chi connectivity index (χ4v) is 1.70. The molecule has 2 rings (SSSR count). The number of ether oxygens (including phenoxy) is 2. The summed E-state index contributed by atoms with van der Waals surface area (Å²) in [6.45, 7) is 0.157. The number of nitriles is 1. The number of fused-ring (bicyclic) bond motifs is 1. The standard InChI is InChI=1S/C12H12N2O4/c13-5-1-2-9(14-16)12(15)8-3-4-10-11(6-8)18-7-17-10/h3-4,6,12,15-16H,1-2,7H2/b14-9-. The Labute approximate surface area is 104 Å². The number of nitrogens with zero attached hydrogens (tertiary/aromatic N) is 2. The first-order valence-electron chi connectivity index (χ1n) is 5.41. The van der Waals surface area contributed by atoms with Crippen LogP contribution >= 0.6 is 0 Å². The lowest BCUT2D eigenvalue weighted by Crippen LogP contribution is -2.12. The van der Waals surface area contributed by atoms with Crippen LogP contribution in [0.3, 0.4) is 0 Å². The Morgan fingerprint density at radius 2 is 2.22 bits per heavy atom. The zero-order chi connectivity index (χ0) is 13.0. The van der Waals surface area contributed by atoms with Gasteiger partial charge in [-0.3, -0.25) is 0 Å². The minimum Gasteiger partial charge on any atom is -0.454 e. The molecule has 0 aromatic heterocycles. The van der Waals surface area contributed by atoms with Gasteiger partial charge in [0.05, 0.1) is 11.8 Å². The molecule has 0 bridgehead atoms. The third-order valence-corrected chi connectivity index (χ3v) is 2.65. The molecule has 0 amide bonds.